The molecule has 7 heteroatoms. The largest absolute Gasteiger partial charge is 3.00 e. The van der Waals surface area contributed by atoms with E-state index in [2.05, 4.69) is 15.0 Å². The number of hydrogen-bond acceptors (Lipinski definition) is 3. The number of rotatable bonds is 6. The molecule has 0 unspecified atom stereocenters. The minimum atomic E-state index is -0.208. The quantitative estimate of drug-likeness (QED) is 0.167. The fourth-order valence-electron chi connectivity index (χ4n) is 6.22. The van der Waals surface area contributed by atoms with E-state index in [9.17, 15) is 13.2 Å². The van der Waals surface area contributed by atoms with Crippen LogP contribution >= 0.6 is 0 Å². The predicted molar refractivity (Wildman–Crippen MR) is 225 cm³/mol. The first-order chi connectivity index (χ1) is 28.0. The molecule has 0 bridgehead atoms. The molecule has 58 heavy (non-hydrogen) atoms. The van der Waals surface area contributed by atoms with Crippen LogP contribution in [0.1, 0.15) is 0 Å². The molecular weight excluding hydrogens is 904 g/mol. The summed E-state index contributed by atoms with van der Waals surface area (Å²) in [6, 6.07) is 61.0. The van der Waals surface area contributed by atoms with Gasteiger partial charge in [-0.1, -0.05) is 127 Å². The molecule has 282 valence electrons. The first-order valence-corrected chi connectivity index (χ1v) is 18.3. The van der Waals surface area contributed by atoms with Crippen LogP contribution in [0.15, 0.2) is 219 Å². The van der Waals surface area contributed by atoms with Gasteiger partial charge in [-0.05, 0) is 89.5 Å². The number of benzene rings is 6. The molecule has 0 aliphatic carbocycles. The monoisotopic (exact) mass is 940 g/mol. The van der Waals surface area contributed by atoms with Crippen LogP contribution in [0.2, 0.25) is 0 Å². The van der Waals surface area contributed by atoms with Gasteiger partial charge < -0.3 is 0 Å². The zero-order valence-corrected chi connectivity index (χ0v) is 33.5. The standard InChI is InChI=1S/3C17H12FN.Ir/c3*18-16-9-2-1-8-15(16)13-6-5-7-14(12-13)17-10-3-4-11-19-17;/h3*1-12H;/q;;;+3. The third kappa shape index (κ3) is 10.5. The summed E-state index contributed by atoms with van der Waals surface area (Å²) in [5, 5.41) is 0. The third-order valence-electron chi connectivity index (χ3n) is 9.02. The van der Waals surface area contributed by atoms with Crippen LogP contribution in [0.25, 0.3) is 67.2 Å². The third-order valence-corrected chi connectivity index (χ3v) is 9.02. The van der Waals surface area contributed by atoms with Crippen molar-refractivity contribution in [3.63, 3.8) is 0 Å². The molecule has 6 aromatic carbocycles. The topological polar surface area (TPSA) is 38.7 Å². The summed E-state index contributed by atoms with van der Waals surface area (Å²) in [7, 11) is 0. The van der Waals surface area contributed by atoms with Crippen molar-refractivity contribution in [3.8, 4) is 67.2 Å². The van der Waals surface area contributed by atoms with Crippen molar-refractivity contribution in [2.45, 2.75) is 0 Å². The van der Waals surface area contributed by atoms with Gasteiger partial charge in [0.05, 0.1) is 17.1 Å². The van der Waals surface area contributed by atoms with Crippen LogP contribution < -0.4 is 0 Å². The molecule has 0 aliphatic rings. The van der Waals surface area contributed by atoms with Crippen molar-refractivity contribution in [1.82, 2.24) is 15.0 Å². The maximum atomic E-state index is 13.8. The fraction of sp³-hybridized carbons (Fsp3) is 0. The number of aromatic nitrogens is 3. The van der Waals surface area contributed by atoms with E-state index in [4.69, 9.17) is 0 Å². The van der Waals surface area contributed by atoms with Gasteiger partial charge in [0.25, 0.3) is 0 Å². The van der Waals surface area contributed by atoms with Crippen LogP contribution in [0.3, 0.4) is 0 Å². The summed E-state index contributed by atoms with van der Waals surface area (Å²) in [6.07, 6.45) is 5.27. The van der Waals surface area contributed by atoms with Gasteiger partial charge in [0.15, 0.2) is 0 Å². The summed E-state index contributed by atoms with van der Waals surface area (Å²) in [6.45, 7) is 0. The first-order valence-electron chi connectivity index (χ1n) is 18.3. The fourth-order valence-corrected chi connectivity index (χ4v) is 6.22. The second-order valence-corrected chi connectivity index (χ2v) is 12.8. The van der Waals surface area contributed by atoms with Crippen molar-refractivity contribution in [3.05, 3.63) is 236 Å². The van der Waals surface area contributed by atoms with E-state index in [0.717, 1.165) is 50.5 Å². The molecule has 0 saturated carbocycles. The van der Waals surface area contributed by atoms with Gasteiger partial charge in [0, 0.05) is 52.0 Å². The molecule has 3 heterocycles. The van der Waals surface area contributed by atoms with Gasteiger partial charge in [0.2, 0.25) is 0 Å². The van der Waals surface area contributed by atoms with Crippen LogP contribution in [-0.4, -0.2) is 15.0 Å². The van der Waals surface area contributed by atoms with Crippen LogP contribution in [0.5, 0.6) is 0 Å². The van der Waals surface area contributed by atoms with Gasteiger partial charge >= 0.3 is 20.1 Å². The summed E-state index contributed by atoms with van der Waals surface area (Å²) >= 11 is 0. The number of hydrogen-bond donors (Lipinski definition) is 0. The van der Waals surface area contributed by atoms with Gasteiger partial charge in [-0.3, -0.25) is 15.0 Å². The summed E-state index contributed by atoms with van der Waals surface area (Å²) in [4.78, 5) is 12.9. The Bertz CT molecular complexity index is 2380. The molecule has 0 amide bonds. The number of nitrogens with zero attached hydrogens (tertiary/aromatic N) is 3. The van der Waals surface area contributed by atoms with E-state index < -0.39 is 0 Å². The summed E-state index contributed by atoms with van der Waals surface area (Å²) < 4.78 is 41.4. The van der Waals surface area contributed by atoms with E-state index in [1.165, 1.54) is 18.2 Å². The van der Waals surface area contributed by atoms with Crippen LogP contribution in [0.4, 0.5) is 13.2 Å². The normalized spacial score (nSPS) is 10.2. The van der Waals surface area contributed by atoms with Crippen LogP contribution in [0, 0.1) is 17.5 Å². The molecule has 0 atom stereocenters. The van der Waals surface area contributed by atoms with Gasteiger partial charge in [-0.25, -0.2) is 13.2 Å². The Hall–Kier alpha value is -6.79. The summed E-state index contributed by atoms with van der Waals surface area (Å²) in [5.41, 5.74) is 10.1. The Morgan fingerprint density at radius 3 is 0.776 bits per heavy atom. The molecule has 9 aromatic rings. The first kappa shape index (κ1) is 40.9. The number of pyridine rings is 3. The van der Waals surface area contributed by atoms with Crippen molar-refractivity contribution >= 4 is 0 Å². The van der Waals surface area contributed by atoms with Gasteiger partial charge in [-0.15, -0.1) is 0 Å². The Labute approximate surface area is 350 Å². The Morgan fingerprint density at radius 1 is 0.259 bits per heavy atom. The predicted octanol–water partition coefficient (Wildman–Crippen LogP) is 13.7. The second-order valence-electron chi connectivity index (χ2n) is 12.8. The summed E-state index contributed by atoms with van der Waals surface area (Å²) in [5.74, 6) is -0.623. The van der Waals surface area contributed by atoms with Gasteiger partial charge in [0.1, 0.15) is 17.5 Å². The number of halogens is 3. The average molecular weight is 940 g/mol. The molecule has 9 rings (SSSR count). The van der Waals surface area contributed by atoms with E-state index in [-0.39, 0.29) is 37.6 Å². The Kier molecular flexibility index (Phi) is 14.4. The molecule has 0 saturated heterocycles. The molecule has 0 fully saturated rings. The molecule has 3 aromatic heterocycles. The smallest absolute Gasteiger partial charge is 0.256 e. The Balaban J connectivity index is 0.000000145. The van der Waals surface area contributed by atoms with E-state index in [1.54, 1.807) is 55.0 Å². The van der Waals surface area contributed by atoms with E-state index >= 15 is 0 Å². The minimum Gasteiger partial charge on any atom is -0.256 e. The zero-order valence-electron chi connectivity index (χ0n) is 31.1. The van der Waals surface area contributed by atoms with Crippen molar-refractivity contribution in [2.75, 3.05) is 0 Å². The second kappa shape index (κ2) is 20.4. The maximum absolute atomic E-state index is 13.8. The minimum absolute atomic E-state index is 0. The van der Waals surface area contributed by atoms with E-state index in [1.807, 2.05) is 146 Å². The molecule has 0 N–H and O–H groups in total. The van der Waals surface area contributed by atoms with Crippen LogP contribution in [-0.2, 0) is 20.1 Å². The van der Waals surface area contributed by atoms with Crippen molar-refractivity contribution in [2.24, 2.45) is 0 Å². The van der Waals surface area contributed by atoms with E-state index in [0.29, 0.717) is 16.7 Å². The Morgan fingerprint density at radius 2 is 0.517 bits per heavy atom. The molecular formula is C51H36F3IrN3+3. The van der Waals surface area contributed by atoms with Crippen molar-refractivity contribution in [1.29, 1.82) is 0 Å². The molecule has 0 spiro atoms. The average Bonchev–Trinajstić information content (AvgIpc) is 3.28. The zero-order chi connectivity index (χ0) is 39.2. The molecule has 0 radical (unpaired) electrons. The molecule has 3 nitrogen and oxygen atoms in total. The SMILES string of the molecule is Fc1ccccc1-c1cccc(-c2ccccn2)c1.Fc1ccccc1-c1cccc(-c2ccccn2)c1.Fc1ccccc1-c1cccc(-c2ccccn2)c1.[Ir+3]. The van der Waals surface area contributed by atoms with Gasteiger partial charge in [-0.2, -0.15) is 0 Å². The molecule has 0 aliphatic heterocycles. The maximum Gasteiger partial charge on any atom is 3.00 e. The van der Waals surface area contributed by atoms with Crippen molar-refractivity contribution < 1.29 is 33.3 Å².